The lowest BCUT2D eigenvalue weighted by Gasteiger charge is -2.05. The second-order valence-electron chi connectivity index (χ2n) is 5.25. The zero-order valence-electron chi connectivity index (χ0n) is 13.7. The van der Waals surface area contributed by atoms with Crippen LogP contribution in [-0.4, -0.2) is 20.6 Å². The van der Waals surface area contributed by atoms with Crippen LogP contribution < -0.4 is 10.1 Å². The summed E-state index contributed by atoms with van der Waals surface area (Å²) in [5.74, 6) is 0.0785. The summed E-state index contributed by atoms with van der Waals surface area (Å²) in [5.41, 5.74) is 0.481. The third kappa shape index (κ3) is 5.28. The van der Waals surface area contributed by atoms with Gasteiger partial charge < -0.3 is 14.5 Å². The smallest absolute Gasteiger partial charge is 0.433 e. The number of ether oxygens (including phenoxy) is 1. The summed E-state index contributed by atoms with van der Waals surface area (Å²) in [6.07, 6.45) is 5.64. The maximum absolute atomic E-state index is 11.9. The minimum atomic E-state index is -0.651. The molecule has 138 valence electrons. The molecule has 3 rings (SSSR count). The number of amides is 1. The van der Waals surface area contributed by atoms with Gasteiger partial charge in [0.2, 0.25) is 5.91 Å². The van der Waals surface area contributed by atoms with Gasteiger partial charge in [0.1, 0.15) is 16.4 Å². The van der Waals surface area contributed by atoms with E-state index in [1.165, 1.54) is 35.2 Å². The first-order chi connectivity index (χ1) is 13.0. The van der Waals surface area contributed by atoms with Crippen molar-refractivity contribution in [2.24, 2.45) is 0 Å². The molecule has 0 saturated carbocycles. The number of hydrogen-bond acceptors (Lipinski definition) is 6. The highest BCUT2D eigenvalue weighted by atomic mass is 79.9. The van der Waals surface area contributed by atoms with Crippen LogP contribution >= 0.6 is 15.9 Å². The number of nitrogens with zero attached hydrogens (tertiary/aromatic N) is 3. The number of anilines is 1. The number of carbonyl (C=O) groups excluding carboxylic acids is 1. The molecule has 9 nitrogen and oxygen atoms in total. The van der Waals surface area contributed by atoms with Crippen LogP contribution in [-0.2, 0) is 11.5 Å². The minimum Gasteiger partial charge on any atom is -0.471 e. The third-order valence-electron chi connectivity index (χ3n) is 3.27. The van der Waals surface area contributed by atoms with Gasteiger partial charge in [-0.15, -0.1) is 0 Å². The topological polar surface area (TPSA) is 112 Å². The minimum absolute atomic E-state index is 0.184. The first kappa shape index (κ1) is 18.4. The first-order valence-electron chi connectivity index (χ1n) is 7.64. The molecule has 1 aromatic carbocycles. The lowest BCUT2D eigenvalue weighted by molar-refractivity contribution is -0.402. The van der Waals surface area contributed by atoms with E-state index in [-0.39, 0.29) is 18.4 Å². The summed E-state index contributed by atoms with van der Waals surface area (Å²) in [4.78, 5) is 21.8. The van der Waals surface area contributed by atoms with Crippen LogP contribution in [0, 0.1) is 10.1 Å². The van der Waals surface area contributed by atoms with Crippen molar-refractivity contribution in [1.29, 1.82) is 0 Å². The molecule has 1 N–H and O–H groups in total. The lowest BCUT2D eigenvalue weighted by Crippen LogP contribution is -2.07. The molecule has 2 aromatic heterocycles. The summed E-state index contributed by atoms with van der Waals surface area (Å²) >= 11 is 3.35. The molecule has 10 heteroatoms. The molecule has 0 saturated heterocycles. The molecule has 0 atom stereocenters. The Balaban J connectivity index is 1.51. The highest BCUT2D eigenvalue weighted by Gasteiger charge is 2.10. The number of nitro groups is 1. The van der Waals surface area contributed by atoms with E-state index < -0.39 is 10.8 Å². The van der Waals surface area contributed by atoms with Crippen LogP contribution in [0.25, 0.3) is 6.08 Å². The fourth-order valence-electron chi connectivity index (χ4n) is 2.04. The van der Waals surface area contributed by atoms with Gasteiger partial charge in [-0.1, -0.05) is 15.9 Å². The number of carbonyl (C=O) groups is 1. The Labute approximate surface area is 161 Å². The van der Waals surface area contributed by atoms with Gasteiger partial charge in [-0.3, -0.25) is 14.9 Å². The molecule has 2 heterocycles. The molecule has 0 spiro atoms. The predicted octanol–water partition coefficient (Wildman–Crippen LogP) is 3.84. The molecule has 0 radical (unpaired) electrons. The highest BCUT2D eigenvalue weighted by Crippen LogP contribution is 2.17. The van der Waals surface area contributed by atoms with Crippen LogP contribution in [0.5, 0.6) is 5.75 Å². The van der Waals surface area contributed by atoms with E-state index in [1.807, 2.05) is 24.3 Å². The molecule has 27 heavy (non-hydrogen) atoms. The largest absolute Gasteiger partial charge is 0.471 e. The Bertz CT molecular complexity index is 977. The van der Waals surface area contributed by atoms with Gasteiger partial charge in [0, 0.05) is 10.5 Å². The monoisotopic (exact) mass is 432 g/mol. The quantitative estimate of drug-likeness (QED) is 0.344. The SMILES string of the molecule is O=C(/C=C/c1ccc([N+](=O)[O-])o1)Nc1cnn(COc2ccc(Br)cc2)c1. The van der Waals surface area contributed by atoms with Crippen molar-refractivity contribution in [3.63, 3.8) is 0 Å². The molecule has 3 aromatic rings. The van der Waals surface area contributed by atoms with Crippen molar-refractivity contribution in [3.8, 4) is 5.75 Å². The van der Waals surface area contributed by atoms with Gasteiger partial charge >= 0.3 is 5.88 Å². The molecule has 0 bridgehead atoms. The number of nitrogens with one attached hydrogen (secondary N) is 1. The average Bonchev–Trinajstić information content (AvgIpc) is 3.29. The van der Waals surface area contributed by atoms with Gasteiger partial charge in [-0.25, -0.2) is 4.68 Å². The van der Waals surface area contributed by atoms with Crippen molar-refractivity contribution in [2.45, 2.75) is 6.73 Å². The van der Waals surface area contributed by atoms with E-state index >= 15 is 0 Å². The van der Waals surface area contributed by atoms with E-state index in [1.54, 1.807) is 6.20 Å². The Hall–Kier alpha value is -3.40. The number of aromatic nitrogens is 2. The van der Waals surface area contributed by atoms with Crippen molar-refractivity contribution in [2.75, 3.05) is 5.32 Å². The van der Waals surface area contributed by atoms with Crippen molar-refractivity contribution in [3.05, 3.63) is 75.2 Å². The van der Waals surface area contributed by atoms with E-state index in [2.05, 4.69) is 26.3 Å². The molecule has 0 aliphatic heterocycles. The second kappa shape index (κ2) is 8.32. The molecular formula is C17H13BrN4O5. The summed E-state index contributed by atoms with van der Waals surface area (Å²) in [5, 5.41) is 17.3. The number of hydrogen-bond donors (Lipinski definition) is 1. The first-order valence-corrected chi connectivity index (χ1v) is 8.43. The van der Waals surface area contributed by atoms with Crippen LogP contribution in [0.3, 0.4) is 0 Å². The molecule has 0 unspecified atom stereocenters. The molecule has 0 aliphatic carbocycles. The standard InChI is InChI=1S/C17H13BrN4O5/c18-12-1-3-14(4-2-12)26-11-21-10-13(9-19-21)20-16(23)7-5-15-6-8-17(27-15)22(24)25/h1-10H,11H2,(H,20,23)/b7-5+. The van der Waals surface area contributed by atoms with Gasteiger partial charge in [-0.2, -0.15) is 5.10 Å². The van der Waals surface area contributed by atoms with E-state index in [9.17, 15) is 14.9 Å². The fraction of sp³-hybridized carbons (Fsp3) is 0.0588. The number of halogens is 1. The van der Waals surface area contributed by atoms with Crippen LogP contribution in [0.1, 0.15) is 5.76 Å². The fourth-order valence-corrected chi connectivity index (χ4v) is 2.31. The normalized spacial score (nSPS) is 10.9. The maximum Gasteiger partial charge on any atom is 0.433 e. The molecule has 1 amide bonds. The second-order valence-corrected chi connectivity index (χ2v) is 6.17. The van der Waals surface area contributed by atoms with Gasteiger partial charge in [-0.05, 0) is 36.4 Å². The zero-order chi connectivity index (χ0) is 19.2. The predicted molar refractivity (Wildman–Crippen MR) is 100 cm³/mol. The number of benzene rings is 1. The highest BCUT2D eigenvalue weighted by molar-refractivity contribution is 9.10. The maximum atomic E-state index is 11.9. The molecular weight excluding hydrogens is 420 g/mol. The number of rotatable bonds is 7. The summed E-state index contributed by atoms with van der Waals surface area (Å²) in [6.45, 7) is 0.184. The molecule has 0 aliphatic rings. The van der Waals surface area contributed by atoms with Gasteiger partial charge in [0.25, 0.3) is 0 Å². The Morgan fingerprint density at radius 1 is 1.33 bits per heavy atom. The summed E-state index contributed by atoms with van der Waals surface area (Å²) < 4.78 is 13.0. The van der Waals surface area contributed by atoms with Gasteiger partial charge in [0.15, 0.2) is 6.73 Å². The lowest BCUT2D eigenvalue weighted by atomic mass is 10.3. The molecule has 0 fully saturated rings. The van der Waals surface area contributed by atoms with Crippen LogP contribution in [0.2, 0.25) is 0 Å². The average molecular weight is 433 g/mol. The van der Waals surface area contributed by atoms with Crippen LogP contribution in [0.15, 0.2) is 63.8 Å². The van der Waals surface area contributed by atoms with Crippen molar-refractivity contribution >= 4 is 39.5 Å². The van der Waals surface area contributed by atoms with E-state index in [4.69, 9.17) is 9.15 Å². The third-order valence-corrected chi connectivity index (χ3v) is 3.80. The van der Waals surface area contributed by atoms with Crippen LogP contribution in [0.4, 0.5) is 11.6 Å². The van der Waals surface area contributed by atoms with E-state index in [0.717, 1.165) is 4.47 Å². The van der Waals surface area contributed by atoms with E-state index in [0.29, 0.717) is 11.4 Å². The van der Waals surface area contributed by atoms with Crippen molar-refractivity contribution in [1.82, 2.24) is 9.78 Å². The van der Waals surface area contributed by atoms with Crippen molar-refractivity contribution < 1.29 is 18.9 Å². The number of furan rings is 1. The Morgan fingerprint density at radius 3 is 2.81 bits per heavy atom. The van der Waals surface area contributed by atoms with Gasteiger partial charge in [0.05, 0.1) is 24.1 Å². The zero-order valence-corrected chi connectivity index (χ0v) is 15.3. The Morgan fingerprint density at radius 2 is 2.11 bits per heavy atom. The summed E-state index contributed by atoms with van der Waals surface area (Å²) in [6, 6.07) is 9.99. The Kier molecular flexibility index (Phi) is 5.67. The summed E-state index contributed by atoms with van der Waals surface area (Å²) in [7, 11) is 0.